The van der Waals surface area contributed by atoms with Crippen LogP contribution in [0.15, 0.2) is 46.9 Å². The van der Waals surface area contributed by atoms with E-state index in [4.69, 9.17) is 4.74 Å². The van der Waals surface area contributed by atoms with Crippen LogP contribution in [-0.4, -0.2) is 24.3 Å². The third-order valence-corrected chi connectivity index (χ3v) is 5.13. The first-order valence-corrected chi connectivity index (χ1v) is 11.7. The molecule has 8 heteroatoms. The van der Waals surface area contributed by atoms with Crippen molar-refractivity contribution in [1.29, 1.82) is 0 Å². The highest BCUT2D eigenvalue weighted by Gasteiger charge is 2.15. The summed E-state index contributed by atoms with van der Waals surface area (Å²) in [5.74, 6) is -0.563. The van der Waals surface area contributed by atoms with Crippen LogP contribution >= 0.6 is 15.9 Å². The van der Waals surface area contributed by atoms with E-state index >= 15 is 0 Å². The molecule has 2 aromatic rings. The van der Waals surface area contributed by atoms with Gasteiger partial charge in [0.2, 0.25) is 5.91 Å². The van der Waals surface area contributed by atoms with E-state index in [9.17, 15) is 14.4 Å². The lowest BCUT2D eigenvalue weighted by Gasteiger charge is -2.13. The van der Waals surface area contributed by atoms with Crippen LogP contribution in [0, 0.1) is 0 Å². The van der Waals surface area contributed by atoms with Crippen LogP contribution in [0.2, 0.25) is 0 Å². The van der Waals surface area contributed by atoms with Gasteiger partial charge in [-0.2, -0.15) is 0 Å². The first-order valence-electron chi connectivity index (χ1n) is 10.9. The molecule has 0 fully saturated rings. The van der Waals surface area contributed by atoms with Gasteiger partial charge in [-0.25, -0.2) is 0 Å². The van der Waals surface area contributed by atoms with Crippen molar-refractivity contribution < 1.29 is 19.1 Å². The van der Waals surface area contributed by atoms with Crippen LogP contribution in [0.4, 0.5) is 5.69 Å². The number of hydrogen-bond acceptors (Lipinski definition) is 4. The lowest BCUT2D eigenvalue weighted by Crippen LogP contribution is -2.41. The van der Waals surface area contributed by atoms with E-state index in [-0.39, 0.29) is 5.91 Å². The minimum atomic E-state index is -0.480. The molecule has 0 heterocycles. The van der Waals surface area contributed by atoms with E-state index < -0.39 is 11.8 Å². The fourth-order valence-electron chi connectivity index (χ4n) is 2.92. The Labute approximate surface area is 197 Å². The largest absolute Gasteiger partial charge is 0.493 e. The highest BCUT2D eigenvalue weighted by atomic mass is 79.9. The zero-order valence-electron chi connectivity index (χ0n) is 18.5. The van der Waals surface area contributed by atoms with E-state index in [2.05, 4.69) is 39.0 Å². The number of amides is 3. The number of hydrogen-bond donors (Lipinski definition) is 3. The lowest BCUT2D eigenvalue weighted by molar-refractivity contribution is -0.116. The molecule has 0 unspecified atom stereocenters. The number of carbonyl (C=O) groups is 3. The van der Waals surface area contributed by atoms with Gasteiger partial charge < -0.3 is 10.1 Å². The minimum absolute atomic E-state index is 0.0747. The van der Waals surface area contributed by atoms with Crippen molar-refractivity contribution in [2.75, 3.05) is 11.9 Å². The molecule has 2 rings (SSSR count). The molecule has 0 spiro atoms. The highest BCUT2D eigenvalue weighted by molar-refractivity contribution is 9.10. The number of halogens is 1. The zero-order valence-corrected chi connectivity index (χ0v) is 20.1. The Morgan fingerprint density at radius 3 is 2.28 bits per heavy atom. The summed E-state index contributed by atoms with van der Waals surface area (Å²) in [6.45, 7) is 4.60. The van der Waals surface area contributed by atoms with Gasteiger partial charge in [-0.15, -0.1) is 0 Å². The Bertz CT molecular complexity index is 916. The fourth-order valence-corrected chi connectivity index (χ4v) is 3.29. The first kappa shape index (κ1) is 25.4. The predicted molar refractivity (Wildman–Crippen MR) is 129 cm³/mol. The molecule has 2 aromatic carbocycles. The van der Waals surface area contributed by atoms with E-state index in [1.807, 2.05) is 6.92 Å². The molecule has 3 N–H and O–H groups in total. The zero-order chi connectivity index (χ0) is 23.3. The third kappa shape index (κ3) is 8.34. The third-order valence-electron chi connectivity index (χ3n) is 4.64. The van der Waals surface area contributed by atoms with Crippen molar-refractivity contribution in [3.63, 3.8) is 0 Å². The molecule has 0 aliphatic heterocycles. The summed E-state index contributed by atoms with van der Waals surface area (Å²) >= 11 is 3.36. The standard InChI is InChI=1S/C24H30BrN3O4/c1-3-5-6-7-15-32-21-14-11-18(25)16-20(21)24(31)28-27-23(30)17-9-12-19(13-10-17)26-22(29)8-4-2/h9-14,16H,3-8,15H2,1-2H3,(H,26,29)(H,27,30)(H,28,31). The summed E-state index contributed by atoms with van der Waals surface area (Å²) in [5.41, 5.74) is 6.12. The van der Waals surface area contributed by atoms with Gasteiger partial charge in [-0.3, -0.25) is 25.2 Å². The summed E-state index contributed by atoms with van der Waals surface area (Å²) in [6.07, 6.45) is 5.48. The number of unbranched alkanes of at least 4 members (excludes halogenated alkanes) is 3. The Morgan fingerprint density at radius 2 is 1.59 bits per heavy atom. The number of anilines is 1. The SMILES string of the molecule is CCCCCCOc1ccc(Br)cc1C(=O)NNC(=O)c1ccc(NC(=O)CCC)cc1. The lowest BCUT2D eigenvalue weighted by atomic mass is 10.2. The van der Waals surface area contributed by atoms with Gasteiger partial charge in [0.15, 0.2) is 0 Å². The van der Waals surface area contributed by atoms with Gasteiger partial charge in [0.25, 0.3) is 11.8 Å². The molecule has 0 aliphatic rings. The molecule has 0 radical (unpaired) electrons. The van der Waals surface area contributed by atoms with Crippen molar-refractivity contribution in [3.05, 3.63) is 58.1 Å². The maximum absolute atomic E-state index is 12.7. The topological polar surface area (TPSA) is 96.5 Å². The van der Waals surface area contributed by atoms with Crippen LogP contribution in [0.5, 0.6) is 5.75 Å². The van der Waals surface area contributed by atoms with Gasteiger partial charge in [-0.1, -0.05) is 49.0 Å². The molecule has 0 aromatic heterocycles. The summed E-state index contributed by atoms with van der Waals surface area (Å²) in [5, 5.41) is 2.76. The van der Waals surface area contributed by atoms with E-state index in [0.29, 0.717) is 35.6 Å². The molecule has 7 nitrogen and oxygen atoms in total. The van der Waals surface area contributed by atoms with Crippen molar-refractivity contribution in [2.45, 2.75) is 52.4 Å². The molecule has 3 amide bonds. The normalized spacial score (nSPS) is 10.3. The maximum Gasteiger partial charge on any atom is 0.273 e. The first-order chi connectivity index (χ1) is 15.4. The summed E-state index contributed by atoms with van der Waals surface area (Å²) in [7, 11) is 0. The fraction of sp³-hybridized carbons (Fsp3) is 0.375. The van der Waals surface area contributed by atoms with Crippen LogP contribution in [-0.2, 0) is 4.79 Å². The minimum Gasteiger partial charge on any atom is -0.493 e. The number of nitrogens with one attached hydrogen (secondary N) is 3. The van der Waals surface area contributed by atoms with Gasteiger partial charge >= 0.3 is 0 Å². The Hall–Kier alpha value is -2.87. The van der Waals surface area contributed by atoms with E-state index in [1.165, 1.54) is 0 Å². The van der Waals surface area contributed by atoms with Crippen molar-refractivity contribution >= 4 is 39.3 Å². The second-order valence-corrected chi connectivity index (χ2v) is 8.25. The molecule has 172 valence electrons. The smallest absolute Gasteiger partial charge is 0.273 e. The highest BCUT2D eigenvalue weighted by Crippen LogP contribution is 2.23. The summed E-state index contributed by atoms with van der Waals surface area (Å²) < 4.78 is 6.51. The molecule has 0 saturated carbocycles. The average molecular weight is 504 g/mol. The molecule has 0 aliphatic carbocycles. The Morgan fingerprint density at radius 1 is 0.875 bits per heavy atom. The molecule has 32 heavy (non-hydrogen) atoms. The number of ether oxygens (including phenoxy) is 1. The summed E-state index contributed by atoms with van der Waals surface area (Å²) in [4.78, 5) is 36.7. The van der Waals surface area contributed by atoms with Crippen molar-refractivity contribution in [3.8, 4) is 5.75 Å². The van der Waals surface area contributed by atoms with E-state index in [0.717, 1.165) is 36.6 Å². The van der Waals surface area contributed by atoms with Crippen molar-refractivity contribution in [2.24, 2.45) is 0 Å². The molecular weight excluding hydrogens is 474 g/mol. The monoisotopic (exact) mass is 503 g/mol. The van der Waals surface area contributed by atoms with Crippen LogP contribution in [0.1, 0.15) is 73.1 Å². The number of benzene rings is 2. The average Bonchev–Trinajstić information content (AvgIpc) is 2.78. The number of carbonyl (C=O) groups excluding carboxylic acids is 3. The van der Waals surface area contributed by atoms with Crippen LogP contribution in [0.3, 0.4) is 0 Å². The predicted octanol–water partition coefficient (Wildman–Crippen LogP) is 5.22. The van der Waals surface area contributed by atoms with Crippen molar-refractivity contribution in [1.82, 2.24) is 10.9 Å². The van der Waals surface area contributed by atoms with Gasteiger partial charge in [0, 0.05) is 22.1 Å². The Kier molecular flexibility index (Phi) is 10.7. The molecular formula is C24H30BrN3O4. The molecule has 0 saturated heterocycles. The Balaban J connectivity index is 1.93. The molecule has 0 atom stereocenters. The molecule has 0 bridgehead atoms. The van der Waals surface area contributed by atoms with Gasteiger partial charge in [-0.05, 0) is 55.3 Å². The maximum atomic E-state index is 12.7. The van der Waals surface area contributed by atoms with Crippen LogP contribution < -0.4 is 20.9 Å². The number of rotatable bonds is 11. The van der Waals surface area contributed by atoms with E-state index in [1.54, 1.807) is 42.5 Å². The second kappa shape index (κ2) is 13.5. The second-order valence-electron chi connectivity index (χ2n) is 7.33. The van der Waals surface area contributed by atoms with Gasteiger partial charge in [0.05, 0.1) is 12.2 Å². The summed E-state index contributed by atoms with van der Waals surface area (Å²) in [6, 6.07) is 11.6. The number of hydrazine groups is 1. The van der Waals surface area contributed by atoms with Gasteiger partial charge in [0.1, 0.15) is 5.75 Å². The van der Waals surface area contributed by atoms with Crippen LogP contribution in [0.25, 0.3) is 0 Å². The quantitative estimate of drug-likeness (QED) is 0.289.